The van der Waals surface area contributed by atoms with Crippen LogP contribution in [0.4, 0.5) is 11.4 Å². The van der Waals surface area contributed by atoms with Gasteiger partial charge in [-0.2, -0.15) is 0 Å². The normalized spacial score (nSPS) is 17.4. The van der Waals surface area contributed by atoms with Crippen molar-refractivity contribution in [3.8, 4) is 0 Å². The molecular formula is C18H29ClN2O3S. The van der Waals surface area contributed by atoms with Gasteiger partial charge in [-0.25, -0.2) is 8.42 Å². The van der Waals surface area contributed by atoms with Crippen molar-refractivity contribution in [1.29, 1.82) is 0 Å². The molecule has 142 valence electrons. The molecule has 1 fully saturated rings. The molecule has 1 aromatic carbocycles. The fourth-order valence-electron chi connectivity index (χ4n) is 2.97. The number of aliphatic hydroxyl groups excluding tert-OH is 1. The molecule has 0 bridgehead atoms. The van der Waals surface area contributed by atoms with E-state index in [4.69, 9.17) is 11.6 Å². The third-order valence-electron chi connectivity index (χ3n) is 4.57. The molecular weight excluding hydrogens is 360 g/mol. The second-order valence-electron chi connectivity index (χ2n) is 6.86. The zero-order chi connectivity index (χ0) is 18.4. The molecule has 0 saturated carbocycles. The summed E-state index contributed by atoms with van der Waals surface area (Å²) in [6, 6.07) is 5.47. The Morgan fingerprint density at radius 1 is 1.20 bits per heavy atom. The first-order chi connectivity index (χ1) is 11.9. The summed E-state index contributed by atoms with van der Waals surface area (Å²) in [4.78, 5) is 2.59. The van der Waals surface area contributed by atoms with E-state index in [-0.39, 0.29) is 17.3 Å². The van der Waals surface area contributed by atoms with Crippen LogP contribution < -0.4 is 10.2 Å². The third kappa shape index (κ3) is 5.25. The fraction of sp³-hybridized carbons (Fsp3) is 0.667. The van der Waals surface area contributed by atoms with Gasteiger partial charge in [0.05, 0.1) is 27.8 Å². The Bertz CT molecular complexity index is 656. The molecule has 1 heterocycles. The lowest BCUT2D eigenvalue weighted by molar-refractivity contribution is 0.211. The number of anilines is 2. The van der Waals surface area contributed by atoms with E-state index in [1.54, 1.807) is 19.9 Å². The predicted octanol–water partition coefficient (Wildman–Crippen LogP) is 3.26. The van der Waals surface area contributed by atoms with Gasteiger partial charge in [-0.15, -0.1) is 11.6 Å². The van der Waals surface area contributed by atoms with E-state index < -0.39 is 21.2 Å². The molecule has 7 heteroatoms. The van der Waals surface area contributed by atoms with Gasteiger partial charge < -0.3 is 15.3 Å². The standard InChI is InChI=1S/C18H29ClN2O3S/c1-14(2)25(23,24)18-8-7-15(21-9-5-3-4-6-10-21)11-17(18)20-13-16(22)12-19/h7-8,11,14,16,20,22H,3-6,9-10,12-13H2,1-2H3. The van der Waals surface area contributed by atoms with Gasteiger partial charge in [0.2, 0.25) is 0 Å². The minimum absolute atomic E-state index is 0.102. The molecule has 1 atom stereocenters. The van der Waals surface area contributed by atoms with Crippen LogP contribution in [0.25, 0.3) is 0 Å². The zero-order valence-corrected chi connectivity index (χ0v) is 16.6. The summed E-state index contributed by atoms with van der Waals surface area (Å²) >= 11 is 5.65. The summed E-state index contributed by atoms with van der Waals surface area (Å²) in [5, 5.41) is 12.3. The van der Waals surface area contributed by atoms with E-state index in [1.165, 1.54) is 12.8 Å². The molecule has 0 spiro atoms. The van der Waals surface area contributed by atoms with E-state index in [9.17, 15) is 13.5 Å². The second-order valence-corrected chi connectivity index (χ2v) is 9.65. The molecule has 1 aromatic rings. The van der Waals surface area contributed by atoms with Gasteiger partial charge in [-0.1, -0.05) is 12.8 Å². The van der Waals surface area contributed by atoms with Gasteiger partial charge in [-0.05, 0) is 44.9 Å². The first kappa shape index (κ1) is 20.3. The monoisotopic (exact) mass is 388 g/mol. The topological polar surface area (TPSA) is 69.6 Å². The van der Waals surface area contributed by atoms with Crippen molar-refractivity contribution in [2.75, 3.05) is 35.7 Å². The molecule has 0 amide bonds. The zero-order valence-electron chi connectivity index (χ0n) is 15.0. The van der Waals surface area contributed by atoms with Crippen LogP contribution in [0.2, 0.25) is 0 Å². The first-order valence-electron chi connectivity index (χ1n) is 8.97. The number of halogens is 1. The van der Waals surface area contributed by atoms with Gasteiger partial charge in [0.1, 0.15) is 0 Å². The van der Waals surface area contributed by atoms with E-state index in [1.807, 2.05) is 12.1 Å². The number of nitrogens with one attached hydrogen (secondary N) is 1. The van der Waals surface area contributed by atoms with Crippen molar-refractivity contribution < 1.29 is 13.5 Å². The van der Waals surface area contributed by atoms with E-state index >= 15 is 0 Å². The summed E-state index contributed by atoms with van der Waals surface area (Å²) in [7, 11) is -3.41. The van der Waals surface area contributed by atoms with E-state index in [0.29, 0.717) is 5.69 Å². The molecule has 1 aliphatic heterocycles. The molecule has 2 rings (SSSR count). The number of hydrogen-bond donors (Lipinski definition) is 2. The minimum Gasteiger partial charge on any atom is -0.390 e. The lowest BCUT2D eigenvalue weighted by atomic mass is 10.2. The highest BCUT2D eigenvalue weighted by Gasteiger charge is 2.24. The van der Waals surface area contributed by atoms with Crippen LogP contribution in [-0.2, 0) is 9.84 Å². The highest BCUT2D eigenvalue weighted by Crippen LogP contribution is 2.31. The number of nitrogens with zero attached hydrogens (tertiary/aromatic N) is 1. The van der Waals surface area contributed by atoms with Crippen LogP contribution in [0, 0.1) is 0 Å². The fourth-order valence-corrected chi connectivity index (χ4v) is 4.28. The van der Waals surface area contributed by atoms with Crippen molar-refractivity contribution >= 4 is 32.8 Å². The minimum atomic E-state index is -3.41. The third-order valence-corrected chi connectivity index (χ3v) is 7.13. The Kier molecular flexibility index (Phi) is 7.40. The van der Waals surface area contributed by atoms with Crippen molar-refractivity contribution in [2.45, 2.75) is 55.8 Å². The van der Waals surface area contributed by atoms with Crippen LogP contribution in [0.3, 0.4) is 0 Å². The Balaban J connectivity index is 2.35. The highest BCUT2D eigenvalue weighted by atomic mass is 35.5. The molecule has 5 nitrogen and oxygen atoms in total. The van der Waals surface area contributed by atoms with Gasteiger partial charge in [0.15, 0.2) is 9.84 Å². The number of sulfone groups is 1. The molecule has 0 aliphatic carbocycles. The first-order valence-corrected chi connectivity index (χ1v) is 11.0. The van der Waals surface area contributed by atoms with Crippen LogP contribution in [0.5, 0.6) is 0 Å². The SMILES string of the molecule is CC(C)S(=O)(=O)c1ccc(N2CCCCCC2)cc1NCC(O)CCl. The van der Waals surface area contributed by atoms with Gasteiger partial charge in [0, 0.05) is 25.3 Å². The van der Waals surface area contributed by atoms with Crippen molar-refractivity contribution in [1.82, 2.24) is 0 Å². The maximum Gasteiger partial charge on any atom is 0.182 e. The Morgan fingerprint density at radius 2 is 1.84 bits per heavy atom. The molecule has 2 N–H and O–H groups in total. The molecule has 1 saturated heterocycles. The summed E-state index contributed by atoms with van der Waals surface area (Å²) < 4.78 is 25.3. The Morgan fingerprint density at radius 3 is 2.40 bits per heavy atom. The lowest BCUT2D eigenvalue weighted by Gasteiger charge is -2.25. The quantitative estimate of drug-likeness (QED) is 0.701. The molecule has 0 radical (unpaired) electrons. The molecule has 25 heavy (non-hydrogen) atoms. The van der Waals surface area contributed by atoms with Gasteiger partial charge >= 0.3 is 0 Å². The van der Waals surface area contributed by atoms with E-state index in [2.05, 4.69) is 10.2 Å². The smallest absolute Gasteiger partial charge is 0.182 e. The maximum absolute atomic E-state index is 12.7. The van der Waals surface area contributed by atoms with Crippen LogP contribution >= 0.6 is 11.6 Å². The number of hydrogen-bond acceptors (Lipinski definition) is 5. The lowest BCUT2D eigenvalue weighted by Crippen LogP contribution is -2.26. The summed E-state index contributed by atoms with van der Waals surface area (Å²) in [5.74, 6) is 0.102. The predicted molar refractivity (Wildman–Crippen MR) is 105 cm³/mol. The average molecular weight is 389 g/mol. The number of alkyl halides is 1. The van der Waals surface area contributed by atoms with Crippen molar-refractivity contribution in [3.63, 3.8) is 0 Å². The van der Waals surface area contributed by atoms with Crippen molar-refractivity contribution in [3.05, 3.63) is 18.2 Å². The summed E-state index contributed by atoms with van der Waals surface area (Å²) in [6.07, 6.45) is 4.06. The highest BCUT2D eigenvalue weighted by molar-refractivity contribution is 7.92. The molecule has 1 aliphatic rings. The summed E-state index contributed by atoms with van der Waals surface area (Å²) in [6.45, 7) is 5.54. The van der Waals surface area contributed by atoms with Crippen molar-refractivity contribution in [2.24, 2.45) is 0 Å². The second kappa shape index (κ2) is 9.10. The molecule has 0 aromatic heterocycles. The number of benzene rings is 1. The largest absolute Gasteiger partial charge is 0.390 e. The van der Waals surface area contributed by atoms with Crippen LogP contribution in [0.1, 0.15) is 39.5 Å². The Labute approximate surface area is 156 Å². The van der Waals surface area contributed by atoms with Crippen LogP contribution in [-0.4, -0.2) is 50.4 Å². The number of aliphatic hydroxyl groups is 1. The average Bonchev–Trinajstić information content (AvgIpc) is 2.88. The van der Waals surface area contributed by atoms with Gasteiger partial charge in [0.25, 0.3) is 0 Å². The van der Waals surface area contributed by atoms with E-state index in [0.717, 1.165) is 31.6 Å². The Hall–Kier alpha value is -0.980. The molecule has 1 unspecified atom stereocenters. The van der Waals surface area contributed by atoms with Crippen LogP contribution in [0.15, 0.2) is 23.1 Å². The number of rotatable bonds is 7. The summed E-state index contributed by atoms with van der Waals surface area (Å²) in [5.41, 5.74) is 1.56. The van der Waals surface area contributed by atoms with Gasteiger partial charge in [-0.3, -0.25) is 0 Å². The maximum atomic E-state index is 12.7.